The molecule has 2 aromatic rings. The molecule has 6 heteroatoms. The van der Waals surface area contributed by atoms with Gasteiger partial charge in [0.2, 0.25) is 5.91 Å². The molecule has 1 N–H and O–H groups in total. The van der Waals surface area contributed by atoms with E-state index in [1.807, 2.05) is 24.3 Å². The second kappa shape index (κ2) is 6.85. The zero-order valence-electron chi connectivity index (χ0n) is 10.2. The van der Waals surface area contributed by atoms with Crippen LogP contribution in [-0.4, -0.2) is 11.7 Å². The van der Waals surface area contributed by atoms with Crippen molar-refractivity contribution in [1.29, 1.82) is 0 Å². The van der Waals surface area contributed by atoms with Gasteiger partial charge in [-0.1, -0.05) is 22.0 Å². The Hall–Kier alpha value is -1.40. The van der Waals surface area contributed by atoms with Gasteiger partial charge in [-0.3, -0.25) is 4.79 Å². The molecule has 0 aliphatic carbocycles. The first-order valence-corrected chi connectivity index (χ1v) is 7.46. The lowest BCUT2D eigenvalue weighted by atomic mass is 10.3. The van der Waals surface area contributed by atoms with Gasteiger partial charge in [-0.15, -0.1) is 11.8 Å². The number of para-hydroxylation sites is 1. The normalized spacial score (nSPS) is 10.3. The summed E-state index contributed by atoms with van der Waals surface area (Å²) in [5, 5.41) is 2.24. The van der Waals surface area contributed by atoms with Gasteiger partial charge in [0.05, 0.1) is 5.75 Å². The molecule has 2 aromatic carbocycles. The lowest BCUT2D eigenvalue weighted by Crippen LogP contribution is -2.16. The molecule has 0 aliphatic rings. The number of carbonyl (C=O) groups excluding carboxylic acids is 1. The highest BCUT2D eigenvalue weighted by Gasteiger charge is 2.11. The Morgan fingerprint density at radius 1 is 1.10 bits per heavy atom. The molecule has 0 fully saturated rings. The van der Waals surface area contributed by atoms with Gasteiger partial charge >= 0.3 is 0 Å². The lowest BCUT2D eigenvalue weighted by molar-refractivity contribution is -0.113. The average molecular weight is 358 g/mol. The van der Waals surface area contributed by atoms with Crippen molar-refractivity contribution in [3.8, 4) is 0 Å². The summed E-state index contributed by atoms with van der Waals surface area (Å²) in [5.74, 6) is -1.95. The van der Waals surface area contributed by atoms with Gasteiger partial charge in [0.1, 0.15) is 17.3 Å². The Balaban J connectivity index is 1.94. The van der Waals surface area contributed by atoms with Crippen molar-refractivity contribution < 1.29 is 13.6 Å². The first-order chi connectivity index (χ1) is 9.56. The molecule has 0 saturated heterocycles. The number of hydrogen-bond acceptors (Lipinski definition) is 2. The molecule has 0 aliphatic heterocycles. The third-order valence-electron chi connectivity index (χ3n) is 2.41. The van der Waals surface area contributed by atoms with E-state index in [9.17, 15) is 13.6 Å². The molecule has 0 bridgehead atoms. The van der Waals surface area contributed by atoms with Crippen LogP contribution < -0.4 is 5.32 Å². The molecule has 0 heterocycles. The van der Waals surface area contributed by atoms with Crippen LogP contribution in [0.2, 0.25) is 0 Å². The smallest absolute Gasteiger partial charge is 0.234 e. The van der Waals surface area contributed by atoms with Crippen molar-refractivity contribution in [2.45, 2.75) is 4.90 Å². The standard InChI is InChI=1S/C14H10BrF2NOS/c15-9-4-6-10(7-5-9)20-8-13(19)18-14-11(16)2-1-3-12(14)17/h1-7H,8H2,(H,18,19). The molecule has 0 unspecified atom stereocenters. The number of anilines is 1. The van der Waals surface area contributed by atoms with Crippen LogP contribution in [0.4, 0.5) is 14.5 Å². The Labute approximate surface area is 127 Å². The molecule has 2 rings (SSSR count). The monoisotopic (exact) mass is 357 g/mol. The van der Waals surface area contributed by atoms with Gasteiger partial charge in [0, 0.05) is 9.37 Å². The Morgan fingerprint density at radius 2 is 1.70 bits per heavy atom. The van der Waals surface area contributed by atoms with Gasteiger partial charge < -0.3 is 5.32 Å². The van der Waals surface area contributed by atoms with Crippen LogP contribution in [0.25, 0.3) is 0 Å². The summed E-state index contributed by atoms with van der Waals surface area (Å²) in [6.07, 6.45) is 0. The average Bonchev–Trinajstić information content (AvgIpc) is 2.42. The van der Waals surface area contributed by atoms with Crippen molar-refractivity contribution in [1.82, 2.24) is 0 Å². The van der Waals surface area contributed by atoms with Crippen LogP contribution in [0.15, 0.2) is 51.8 Å². The first kappa shape index (κ1) is 15.0. The van der Waals surface area contributed by atoms with Gasteiger partial charge in [0.25, 0.3) is 0 Å². The second-order valence-corrected chi connectivity index (χ2v) is 5.85. The highest BCUT2D eigenvalue weighted by molar-refractivity contribution is 9.10. The fourth-order valence-corrected chi connectivity index (χ4v) is 2.44. The number of nitrogens with one attached hydrogen (secondary N) is 1. The molecular weight excluding hydrogens is 348 g/mol. The number of benzene rings is 2. The Morgan fingerprint density at radius 3 is 2.30 bits per heavy atom. The number of thioether (sulfide) groups is 1. The quantitative estimate of drug-likeness (QED) is 0.818. The summed E-state index contributed by atoms with van der Waals surface area (Å²) in [7, 11) is 0. The van der Waals surface area contributed by atoms with E-state index in [0.717, 1.165) is 21.5 Å². The van der Waals surface area contributed by atoms with Gasteiger partial charge in [-0.2, -0.15) is 0 Å². The molecule has 1 amide bonds. The van der Waals surface area contributed by atoms with Crippen LogP contribution in [0.5, 0.6) is 0 Å². The van der Waals surface area contributed by atoms with E-state index in [0.29, 0.717) is 0 Å². The zero-order chi connectivity index (χ0) is 14.5. The van der Waals surface area contributed by atoms with E-state index in [2.05, 4.69) is 21.2 Å². The third-order valence-corrected chi connectivity index (χ3v) is 3.95. The van der Waals surface area contributed by atoms with Crippen molar-refractivity contribution in [3.05, 3.63) is 58.6 Å². The second-order valence-electron chi connectivity index (χ2n) is 3.89. The Kier molecular flexibility index (Phi) is 5.14. The summed E-state index contributed by atoms with van der Waals surface area (Å²) in [6.45, 7) is 0. The molecule has 0 radical (unpaired) electrons. The summed E-state index contributed by atoms with van der Waals surface area (Å²) < 4.78 is 27.6. The predicted molar refractivity (Wildman–Crippen MR) is 79.9 cm³/mol. The van der Waals surface area contributed by atoms with E-state index in [1.165, 1.54) is 17.8 Å². The van der Waals surface area contributed by atoms with Crippen LogP contribution in [0.1, 0.15) is 0 Å². The number of amides is 1. The maximum absolute atomic E-state index is 13.4. The molecule has 0 spiro atoms. The van der Waals surface area contributed by atoms with Crippen molar-refractivity contribution in [2.24, 2.45) is 0 Å². The molecule has 104 valence electrons. The maximum atomic E-state index is 13.4. The van der Waals surface area contributed by atoms with Crippen molar-refractivity contribution in [3.63, 3.8) is 0 Å². The SMILES string of the molecule is O=C(CSc1ccc(Br)cc1)Nc1c(F)cccc1F. The van der Waals surface area contributed by atoms with Crippen molar-refractivity contribution in [2.75, 3.05) is 11.1 Å². The molecule has 2 nitrogen and oxygen atoms in total. The third kappa shape index (κ3) is 4.05. The maximum Gasteiger partial charge on any atom is 0.234 e. The van der Waals surface area contributed by atoms with Crippen LogP contribution in [-0.2, 0) is 4.79 Å². The summed E-state index contributed by atoms with van der Waals surface area (Å²) >= 11 is 4.60. The first-order valence-electron chi connectivity index (χ1n) is 5.68. The highest BCUT2D eigenvalue weighted by Crippen LogP contribution is 2.22. The van der Waals surface area contributed by atoms with E-state index < -0.39 is 23.2 Å². The summed E-state index contributed by atoms with van der Waals surface area (Å²) in [6, 6.07) is 10.9. The molecular formula is C14H10BrF2NOS. The van der Waals surface area contributed by atoms with Gasteiger partial charge in [-0.05, 0) is 36.4 Å². The van der Waals surface area contributed by atoms with Gasteiger partial charge in [0.15, 0.2) is 0 Å². The topological polar surface area (TPSA) is 29.1 Å². The fourth-order valence-electron chi connectivity index (χ4n) is 1.47. The number of hydrogen-bond donors (Lipinski definition) is 1. The fraction of sp³-hybridized carbons (Fsp3) is 0.0714. The minimum Gasteiger partial charge on any atom is -0.320 e. The Bertz CT molecular complexity index is 599. The van der Waals surface area contributed by atoms with E-state index in [4.69, 9.17) is 0 Å². The molecule has 0 atom stereocenters. The summed E-state index contributed by atoms with van der Waals surface area (Å²) in [4.78, 5) is 12.6. The van der Waals surface area contributed by atoms with Crippen LogP contribution in [0.3, 0.4) is 0 Å². The molecule has 20 heavy (non-hydrogen) atoms. The molecule has 0 aromatic heterocycles. The highest BCUT2D eigenvalue weighted by atomic mass is 79.9. The van der Waals surface area contributed by atoms with E-state index >= 15 is 0 Å². The minimum atomic E-state index is -0.785. The number of rotatable bonds is 4. The molecule has 0 saturated carbocycles. The zero-order valence-corrected chi connectivity index (χ0v) is 12.6. The van der Waals surface area contributed by atoms with Gasteiger partial charge in [-0.25, -0.2) is 8.78 Å². The predicted octanol–water partition coefficient (Wildman–Crippen LogP) is 4.46. The van der Waals surface area contributed by atoms with Crippen LogP contribution in [0, 0.1) is 11.6 Å². The number of carbonyl (C=O) groups is 1. The summed E-state index contributed by atoms with van der Waals surface area (Å²) in [5.41, 5.74) is -0.408. The van der Waals surface area contributed by atoms with E-state index in [1.54, 1.807) is 0 Å². The number of halogens is 3. The lowest BCUT2D eigenvalue weighted by Gasteiger charge is -2.07. The van der Waals surface area contributed by atoms with E-state index in [-0.39, 0.29) is 5.75 Å². The largest absolute Gasteiger partial charge is 0.320 e. The minimum absolute atomic E-state index is 0.0788. The van der Waals surface area contributed by atoms with Crippen molar-refractivity contribution >= 4 is 39.3 Å². The van der Waals surface area contributed by atoms with Crippen LogP contribution >= 0.6 is 27.7 Å².